The summed E-state index contributed by atoms with van der Waals surface area (Å²) in [5, 5.41) is 10.2. The Labute approximate surface area is 150 Å². The predicted octanol–water partition coefficient (Wildman–Crippen LogP) is 3.16. The number of thiophene rings is 1. The molecule has 2 aromatic rings. The highest BCUT2D eigenvalue weighted by Crippen LogP contribution is 2.23. The molecule has 7 heteroatoms. The Kier molecular flexibility index (Phi) is 6.71. The van der Waals surface area contributed by atoms with Crippen molar-refractivity contribution >= 4 is 40.4 Å². The minimum absolute atomic E-state index is 0.116. The van der Waals surface area contributed by atoms with E-state index < -0.39 is 0 Å². The van der Waals surface area contributed by atoms with Crippen LogP contribution >= 0.6 is 11.3 Å². The van der Waals surface area contributed by atoms with Gasteiger partial charge in [-0.1, -0.05) is 12.1 Å². The van der Waals surface area contributed by atoms with Crippen LogP contribution < -0.4 is 16.0 Å². The second-order valence-electron chi connectivity index (χ2n) is 5.54. The molecule has 3 amide bonds. The molecule has 0 aliphatic rings. The average Bonchev–Trinajstić information content (AvgIpc) is 3.09. The van der Waals surface area contributed by atoms with Gasteiger partial charge in [-0.15, -0.1) is 11.3 Å². The van der Waals surface area contributed by atoms with Gasteiger partial charge in [-0.25, -0.2) is 0 Å². The normalized spacial score (nSPS) is 10.2. The summed E-state index contributed by atoms with van der Waals surface area (Å²) in [6.07, 6.45) is 0.849. The summed E-state index contributed by atoms with van der Waals surface area (Å²) < 4.78 is 0. The second-order valence-corrected chi connectivity index (χ2v) is 6.49. The molecule has 6 nitrogen and oxygen atoms in total. The smallest absolute Gasteiger partial charge is 0.261 e. The van der Waals surface area contributed by atoms with E-state index >= 15 is 0 Å². The number of anilines is 2. The van der Waals surface area contributed by atoms with Crippen LogP contribution in [0.5, 0.6) is 0 Å². The molecule has 25 heavy (non-hydrogen) atoms. The zero-order valence-corrected chi connectivity index (χ0v) is 15.0. The van der Waals surface area contributed by atoms with Crippen molar-refractivity contribution in [3.63, 3.8) is 0 Å². The van der Waals surface area contributed by atoms with Crippen molar-refractivity contribution in [2.45, 2.75) is 26.7 Å². The van der Waals surface area contributed by atoms with E-state index in [1.165, 1.54) is 18.3 Å². The van der Waals surface area contributed by atoms with Crippen molar-refractivity contribution < 1.29 is 14.4 Å². The molecule has 0 saturated heterocycles. The van der Waals surface area contributed by atoms with Gasteiger partial charge in [0, 0.05) is 31.3 Å². The van der Waals surface area contributed by atoms with E-state index in [1.54, 1.807) is 24.3 Å². The van der Waals surface area contributed by atoms with Gasteiger partial charge in [0.1, 0.15) is 0 Å². The lowest BCUT2D eigenvalue weighted by atomic mass is 10.1. The highest BCUT2D eigenvalue weighted by Gasteiger charge is 2.09. The Morgan fingerprint density at radius 1 is 1.04 bits per heavy atom. The van der Waals surface area contributed by atoms with Crippen molar-refractivity contribution in [2.24, 2.45) is 0 Å². The zero-order valence-electron chi connectivity index (χ0n) is 14.2. The average molecular weight is 359 g/mol. The summed E-state index contributed by atoms with van der Waals surface area (Å²) >= 11 is 1.38. The summed E-state index contributed by atoms with van der Waals surface area (Å²) in [6.45, 7) is 3.71. The molecule has 0 saturated carbocycles. The third-order valence-electron chi connectivity index (χ3n) is 3.53. The fraction of sp³-hybridized carbons (Fsp3) is 0.278. The van der Waals surface area contributed by atoms with Crippen LogP contribution in [0.2, 0.25) is 0 Å². The third-order valence-corrected chi connectivity index (χ3v) is 4.40. The van der Waals surface area contributed by atoms with Gasteiger partial charge in [-0.3, -0.25) is 14.4 Å². The van der Waals surface area contributed by atoms with E-state index in [2.05, 4.69) is 16.0 Å². The summed E-state index contributed by atoms with van der Waals surface area (Å²) in [4.78, 5) is 35.7. The predicted molar refractivity (Wildman–Crippen MR) is 100.0 cm³/mol. The maximum atomic E-state index is 12.1. The summed E-state index contributed by atoms with van der Waals surface area (Å²) in [5.74, 6) is -0.407. The quantitative estimate of drug-likeness (QED) is 0.664. The van der Waals surface area contributed by atoms with Crippen LogP contribution in [0.15, 0.2) is 35.7 Å². The number of amides is 3. The minimum Gasteiger partial charge on any atom is -0.351 e. The summed E-state index contributed by atoms with van der Waals surface area (Å²) in [7, 11) is 0. The first-order valence-electron chi connectivity index (χ1n) is 7.96. The van der Waals surface area contributed by atoms with Crippen molar-refractivity contribution in [3.05, 3.63) is 46.2 Å². The lowest BCUT2D eigenvalue weighted by Crippen LogP contribution is -2.24. The van der Waals surface area contributed by atoms with E-state index in [1.807, 2.05) is 18.4 Å². The molecule has 0 atom stereocenters. The molecule has 1 aromatic carbocycles. The molecular weight excluding hydrogens is 338 g/mol. The van der Waals surface area contributed by atoms with Crippen LogP contribution in [-0.4, -0.2) is 24.3 Å². The Morgan fingerprint density at radius 3 is 2.40 bits per heavy atom. The topological polar surface area (TPSA) is 87.3 Å². The molecule has 2 rings (SSSR count). The van der Waals surface area contributed by atoms with Gasteiger partial charge in [-0.2, -0.15) is 0 Å². The number of nitrogens with one attached hydrogen (secondary N) is 3. The maximum Gasteiger partial charge on any atom is 0.261 e. The minimum atomic E-state index is -0.159. The first-order chi connectivity index (χ1) is 12.0. The molecule has 0 radical (unpaired) electrons. The molecule has 0 bridgehead atoms. The highest BCUT2D eigenvalue weighted by molar-refractivity contribution is 7.12. The SMILES string of the molecule is CC(=O)Nc1cccc(NC(=O)CCCNC(=O)c2cccs2)c1C. The van der Waals surface area contributed by atoms with Gasteiger partial charge in [-0.05, 0) is 42.5 Å². The fourth-order valence-electron chi connectivity index (χ4n) is 2.25. The van der Waals surface area contributed by atoms with Gasteiger partial charge in [0.05, 0.1) is 4.88 Å². The van der Waals surface area contributed by atoms with Gasteiger partial charge < -0.3 is 16.0 Å². The van der Waals surface area contributed by atoms with Crippen molar-refractivity contribution in [3.8, 4) is 0 Å². The maximum absolute atomic E-state index is 12.1. The van der Waals surface area contributed by atoms with E-state index in [9.17, 15) is 14.4 Å². The van der Waals surface area contributed by atoms with Crippen molar-refractivity contribution in [1.29, 1.82) is 0 Å². The molecule has 0 spiro atoms. The summed E-state index contributed by atoms with van der Waals surface area (Å²) in [5.41, 5.74) is 2.14. The van der Waals surface area contributed by atoms with Crippen LogP contribution in [-0.2, 0) is 9.59 Å². The third kappa shape index (κ3) is 5.72. The molecule has 1 aromatic heterocycles. The van der Waals surface area contributed by atoms with Crippen LogP contribution in [0.3, 0.4) is 0 Å². The van der Waals surface area contributed by atoms with Crippen molar-refractivity contribution in [2.75, 3.05) is 17.2 Å². The Bertz CT molecular complexity index is 757. The van der Waals surface area contributed by atoms with Gasteiger partial charge in [0.15, 0.2) is 0 Å². The standard InChI is InChI=1S/C18H21N3O3S/c1-12-14(20-13(2)22)6-3-7-15(12)21-17(23)9-4-10-19-18(24)16-8-5-11-25-16/h3,5-8,11H,4,9-10H2,1-2H3,(H,19,24)(H,20,22)(H,21,23). The number of hydrogen-bond acceptors (Lipinski definition) is 4. The van der Waals surface area contributed by atoms with Gasteiger partial charge in [0.25, 0.3) is 5.91 Å². The molecule has 0 fully saturated rings. The second kappa shape index (κ2) is 8.98. The largest absolute Gasteiger partial charge is 0.351 e. The van der Waals surface area contributed by atoms with E-state index in [0.29, 0.717) is 35.6 Å². The summed E-state index contributed by atoms with van der Waals surface area (Å²) in [6, 6.07) is 8.93. The molecular formula is C18H21N3O3S. The number of carbonyl (C=O) groups is 3. The van der Waals surface area contributed by atoms with E-state index in [0.717, 1.165) is 5.56 Å². The number of carbonyl (C=O) groups excluding carboxylic acids is 3. The first kappa shape index (κ1) is 18.7. The lowest BCUT2D eigenvalue weighted by molar-refractivity contribution is -0.116. The fourth-order valence-corrected chi connectivity index (χ4v) is 2.89. The number of benzene rings is 1. The number of rotatable bonds is 7. The van der Waals surface area contributed by atoms with Gasteiger partial charge in [0.2, 0.25) is 11.8 Å². The monoisotopic (exact) mass is 359 g/mol. The van der Waals surface area contributed by atoms with Crippen LogP contribution in [0.4, 0.5) is 11.4 Å². The van der Waals surface area contributed by atoms with Crippen LogP contribution in [0, 0.1) is 6.92 Å². The molecule has 132 valence electrons. The van der Waals surface area contributed by atoms with Gasteiger partial charge >= 0.3 is 0 Å². The lowest BCUT2D eigenvalue weighted by Gasteiger charge is -2.12. The van der Waals surface area contributed by atoms with Crippen LogP contribution in [0.25, 0.3) is 0 Å². The molecule has 0 aliphatic carbocycles. The zero-order chi connectivity index (χ0) is 18.2. The van der Waals surface area contributed by atoms with E-state index in [4.69, 9.17) is 0 Å². The molecule has 1 heterocycles. The molecule has 3 N–H and O–H groups in total. The van der Waals surface area contributed by atoms with Crippen molar-refractivity contribution in [1.82, 2.24) is 5.32 Å². The Balaban J connectivity index is 1.78. The number of hydrogen-bond donors (Lipinski definition) is 3. The molecule has 0 unspecified atom stereocenters. The highest BCUT2D eigenvalue weighted by atomic mass is 32.1. The first-order valence-corrected chi connectivity index (χ1v) is 8.84. The Morgan fingerprint density at radius 2 is 1.76 bits per heavy atom. The Hall–Kier alpha value is -2.67. The van der Waals surface area contributed by atoms with Crippen LogP contribution in [0.1, 0.15) is 35.0 Å². The van der Waals surface area contributed by atoms with E-state index in [-0.39, 0.29) is 17.7 Å². The molecule has 0 aliphatic heterocycles.